The molecule has 1 unspecified atom stereocenters. The molecular weight excluding hydrogens is 334 g/mol. The largest absolute Gasteiger partial charge is 0.338 e. The molecule has 0 aromatic heterocycles. The molecule has 0 radical (unpaired) electrons. The summed E-state index contributed by atoms with van der Waals surface area (Å²) in [4.78, 5) is 14.5. The van der Waals surface area contributed by atoms with Crippen molar-refractivity contribution in [2.24, 2.45) is 0 Å². The highest BCUT2D eigenvalue weighted by atomic mass is 79.9. The van der Waals surface area contributed by atoms with Crippen LogP contribution in [0.1, 0.15) is 16.8 Å². The van der Waals surface area contributed by atoms with Crippen molar-refractivity contribution in [1.29, 1.82) is 0 Å². The highest BCUT2D eigenvalue weighted by Gasteiger charge is 2.24. The molecule has 1 saturated heterocycles. The summed E-state index contributed by atoms with van der Waals surface area (Å²) in [5.74, 6) is 2.35. The van der Waals surface area contributed by atoms with Gasteiger partial charge in [-0.25, -0.2) is 0 Å². The van der Waals surface area contributed by atoms with Crippen LogP contribution in [0.15, 0.2) is 40.9 Å². The molecule has 0 aliphatic carbocycles. The fraction of sp³-hybridized carbons (Fsp3) is 0.312. The van der Waals surface area contributed by atoms with Crippen LogP contribution in [0.4, 0.5) is 0 Å². The predicted molar refractivity (Wildman–Crippen MR) is 89.5 cm³/mol. The van der Waals surface area contributed by atoms with Crippen molar-refractivity contribution in [2.75, 3.05) is 18.6 Å². The average Bonchev–Trinajstić information content (AvgIpc) is 2.99. The van der Waals surface area contributed by atoms with E-state index in [4.69, 9.17) is 0 Å². The lowest BCUT2D eigenvalue weighted by Gasteiger charge is -2.24. The van der Waals surface area contributed by atoms with E-state index in [2.05, 4.69) is 22.0 Å². The Morgan fingerprint density at radius 2 is 2.00 bits per heavy atom. The van der Waals surface area contributed by atoms with Crippen LogP contribution in [-0.4, -0.2) is 35.4 Å². The molecule has 2 nitrogen and oxygen atoms in total. The Bertz CT molecular complexity index is 652. The number of carbonyl (C=O) groups excluding carboxylic acids is 1. The van der Waals surface area contributed by atoms with E-state index in [1.165, 1.54) is 0 Å². The number of thioether (sulfide) groups is 1. The Hall–Kier alpha value is -1.00. The Labute approximate surface area is 131 Å². The van der Waals surface area contributed by atoms with Gasteiger partial charge in [-0.2, -0.15) is 11.8 Å². The van der Waals surface area contributed by atoms with Crippen molar-refractivity contribution in [3.8, 4) is 0 Å². The van der Waals surface area contributed by atoms with Gasteiger partial charge in [0.2, 0.25) is 0 Å². The molecule has 1 aliphatic rings. The molecule has 0 bridgehead atoms. The lowest BCUT2D eigenvalue weighted by molar-refractivity contribution is 0.0748. The standard InChI is InChI=1S/C16H16BrNOS/c1-18(15-6-7-20-10-15)16(19)13-3-2-12-9-14(17)5-4-11(12)8-13/h2-5,8-9,15H,6-7,10H2,1H3. The molecular formula is C16H16BrNOS. The number of carbonyl (C=O) groups is 1. The molecule has 1 aliphatic heterocycles. The van der Waals surface area contributed by atoms with Gasteiger partial charge < -0.3 is 4.90 Å². The summed E-state index contributed by atoms with van der Waals surface area (Å²) in [7, 11) is 1.92. The summed E-state index contributed by atoms with van der Waals surface area (Å²) in [6.07, 6.45) is 1.10. The minimum Gasteiger partial charge on any atom is -0.338 e. The van der Waals surface area contributed by atoms with Crippen molar-refractivity contribution in [3.63, 3.8) is 0 Å². The summed E-state index contributed by atoms with van der Waals surface area (Å²) < 4.78 is 1.06. The van der Waals surface area contributed by atoms with E-state index < -0.39 is 0 Å². The second-order valence-electron chi connectivity index (χ2n) is 5.14. The van der Waals surface area contributed by atoms with Gasteiger partial charge >= 0.3 is 0 Å². The Kier molecular flexibility index (Phi) is 4.03. The fourth-order valence-corrected chi connectivity index (χ4v) is 4.19. The highest BCUT2D eigenvalue weighted by molar-refractivity contribution is 9.10. The van der Waals surface area contributed by atoms with E-state index in [0.29, 0.717) is 6.04 Å². The summed E-state index contributed by atoms with van der Waals surface area (Å²) in [6, 6.07) is 12.4. The molecule has 1 heterocycles. The van der Waals surface area contributed by atoms with Gasteiger partial charge in [0.05, 0.1) is 0 Å². The second-order valence-corrected chi connectivity index (χ2v) is 7.21. The fourth-order valence-electron chi connectivity index (χ4n) is 2.55. The molecule has 1 amide bonds. The Balaban J connectivity index is 1.89. The quantitative estimate of drug-likeness (QED) is 0.810. The molecule has 3 rings (SSSR count). The normalized spacial score (nSPS) is 18.4. The van der Waals surface area contributed by atoms with Crippen molar-refractivity contribution >= 4 is 44.4 Å². The van der Waals surface area contributed by atoms with Gasteiger partial charge in [0.1, 0.15) is 0 Å². The first-order chi connectivity index (χ1) is 9.65. The number of benzene rings is 2. The molecule has 1 fully saturated rings. The van der Waals surface area contributed by atoms with Gasteiger partial charge in [0.15, 0.2) is 0 Å². The summed E-state index contributed by atoms with van der Waals surface area (Å²) >= 11 is 5.40. The first kappa shape index (κ1) is 14.0. The molecule has 104 valence electrons. The van der Waals surface area contributed by atoms with E-state index in [-0.39, 0.29) is 5.91 Å². The third-order valence-corrected chi connectivity index (χ3v) is 5.46. The maximum Gasteiger partial charge on any atom is 0.253 e. The number of hydrogen-bond donors (Lipinski definition) is 0. The van der Waals surface area contributed by atoms with Crippen molar-refractivity contribution in [1.82, 2.24) is 4.90 Å². The number of hydrogen-bond acceptors (Lipinski definition) is 2. The lowest BCUT2D eigenvalue weighted by Crippen LogP contribution is -2.36. The van der Waals surface area contributed by atoms with Gasteiger partial charge in [0, 0.05) is 28.9 Å². The SMILES string of the molecule is CN(C(=O)c1ccc2cc(Br)ccc2c1)C1CCSC1. The molecule has 1 atom stereocenters. The zero-order valence-corrected chi connectivity index (χ0v) is 13.7. The summed E-state index contributed by atoms with van der Waals surface area (Å²) in [5, 5.41) is 2.25. The van der Waals surface area contributed by atoms with E-state index in [1.54, 1.807) is 0 Å². The number of rotatable bonds is 2. The highest BCUT2D eigenvalue weighted by Crippen LogP contribution is 2.25. The minimum atomic E-state index is 0.127. The Morgan fingerprint density at radius 3 is 2.75 bits per heavy atom. The molecule has 2 aromatic rings. The number of amides is 1. The van der Waals surface area contributed by atoms with Crippen LogP contribution in [0.2, 0.25) is 0 Å². The lowest BCUT2D eigenvalue weighted by atomic mass is 10.1. The summed E-state index contributed by atoms with van der Waals surface area (Å²) in [5.41, 5.74) is 0.777. The van der Waals surface area contributed by atoms with Crippen LogP contribution in [0.25, 0.3) is 10.8 Å². The third kappa shape index (κ3) is 2.72. The molecule has 0 N–H and O–H groups in total. The van der Waals surface area contributed by atoms with Gasteiger partial charge in [-0.3, -0.25) is 4.79 Å². The van der Waals surface area contributed by atoms with E-state index in [0.717, 1.165) is 38.7 Å². The van der Waals surface area contributed by atoms with E-state index in [1.807, 2.05) is 54.0 Å². The summed E-state index contributed by atoms with van der Waals surface area (Å²) in [6.45, 7) is 0. The predicted octanol–water partition coefficient (Wildman–Crippen LogP) is 4.18. The molecule has 2 aromatic carbocycles. The second kappa shape index (κ2) is 5.78. The monoisotopic (exact) mass is 349 g/mol. The third-order valence-electron chi connectivity index (χ3n) is 3.82. The molecule has 0 saturated carbocycles. The first-order valence-corrected chi connectivity index (χ1v) is 8.64. The van der Waals surface area contributed by atoms with Gasteiger partial charge in [-0.15, -0.1) is 0 Å². The molecule has 20 heavy (non-hydrogen) atoms. The smallest absolute Gasteiger partial charge is 0.253 e. The topological polar surface area (TPSA) is 20.3 Å². The maximum absolute atomic E-state index is 12.5. The number of fused-ring (bicyclic) bond motifs is 1. The van der Waals surface area contributed by atoms with Crippen molar-refractivity contribution < 1.29 is 4.79 Å². The van der Waals surface area contributed by atoms with Crippen molar-refractivity contribution in [2.45, 2.75) is 12.5 Å². The van der Waals surface area contributed by atoms with Crippen LogP contribution in [-0.2, 0) is 0 Å². The van der Waals surface area contributed by atoms with Crippen LogP contribution in [0, 0.1) is 0 Å². The first-order valence-electron chi connectivity index (χ1n) is 6.69. The Morgan fingerprint density at radius 1 is 1.25 bits per heavy atom. The van der Waals surface area contributed by atoms with E-state index in [9.17, 15) is 4.79 Å². The van der Waals surface area contributed by atoms with Gasteiger partial charge in [-0.1, -0.05) is 28.1 Å². The molecule has 4 heteroatoms. The van der Waals surface area contributed by atoms with Crippen LogP contribution in [0.5, 0.6) is 0 Å². The zero-order valence-electron chi connectivity index (χ0n) is 11.3. The van der Waals surface area contributed by atoms with Crippen LogP contribution >= 0.6 is 27.7 Å². The van der Waals surface area contributed by atoms with Crippen LogP contribution < -0.4 is 0 Å². The van der Waals surface area contributed by atoms with Gasteiger partial charge in [0.25, 0.3) is 5.91 Å². The minimum absolute atomic E-state index is 0.127. The molecule has 0 spiro atoms. The van der Waals surface area contributed by atoms with Crippen molar-refractivity contribution in [3.05, 3.63) is 46.4 Å². The number of halogens is 1. The van der Waals surface area contributed by atoms with E-state index >= 15 is 0 Å². The van der Waals surface area contributed by atoms with Crippen LogP contribution in [0.3, 0.4) is 0 Å². The number of nitrogens with zero attached hydrogens (tertiary/aromatic N) is 1. The average molecular weight is 350 g/mol. The maximum atomic E-state index is 12.5. The van der Waals surface area contributed by atoms with Gasteiger partial charge in [-0.05, 0) is 47.2 Å². The zero-order chi connectivity index (χ0) is 14.1.